The van der Waals surface area contributed by atoms with Crippen molar-refractivity contribution in [3.63, 3.8) is 0 Å². The molecule has 1 aromatic rings. The normalized spacial score (nSPS) is 32.1. The van der Waals surface area contributed by atoms with E-state index in [-0.39, 0.29) is 29.8 Å². The molecule has 8 heteroatoms. The fraction of sp³-hybridized carbons (Fsp3) is 0.636. The number of likely N-dealkylation sites (N-methyl/N-ethyl adjacent to an activating group) is 1. The number of β-amino-alcohol motifs (C(OH)–C–C–N with tert-alkyl or cyclic N) is 1. The van der Waals surface area contributed by atoms with Crippen LogP contribution in [0.4, 0.5) is 0 Å². The maximum absolute atomic E-state index is 13.1. The van der Waals surface area contributed by atoms with Crippen LogP contribution in [0.1, 0.15) is 24.8 Å². The minimum absolute atomic E-state index is 0.0311. The first-order valence-electron chi connectivity index (χ1n) is 11.0. The van der Waals surface area contributed by atoms with Crippen LogP contribution < -0.4 is 16.2 Å². The number of fused-ring (bicyclic) bond motifs is 1. The molecule has 3 aliphatic heterocycles. The highest BCUT2D eigenvalue weighted by molar-refractivity contribution is 5.86. The fourth-order valence-electron chi connectivity index (χ4n) is 5.14. The molecule has 0 bridgehead atoms. The third-order valence-electron chi connectivity index (χ3n) is 6.83. The predicted molar refractivity (Wildman–Crippen MR) is 113 cm³/mol. The van der Waals surface area contributed by atoms with Crippen molar-refractivity contribution in [3.8, 4) is 0 Å². The first-order valence-corrected chi connectivity index (χ1v) is 11.0. The lowest BCUT2D eigenvalue weighted by Crippen LogP contribution is -2.61. The van der Waals surface area contributed by atoms with Gasteiger partial charge < -0.3 is 15.3 Å². The maximum Gasteiger partial charge on any atom is 0.255 e. The van der Waals surface area contributed by atoms with Gasteiger partial charge in [0.2, 0.25) is 5.91 Å². The van der Waals surface area contributed by atoms with Gasteiger partial charge in [0, 0.05) is 45.2 Å². The van der Waals surface area contributed by atoms with Crippen LogP contribution >= 0.6 is 0 Å². The number of rotatable bonds is 6. The maximum atomic E-state index is 13.1. The fourth-order valence-corrected chi connectivity index (χ4v) is 5.14. The molecule has 0 radical (unpaired) electrons. The predicted octanol–water partition coefficient (Wildman–Crippen LogP) is -0.504. The van der Waals surface area contributed by atoms with E-state index in [9.17, 15) is 14.7 Å². The zero-order valence-electron chi connectivity index (χ0n) is 17.6. The summed E-state index contributed by atoms with van der Waals surface area (Å²) in [5, 5.41) is 14.0. The van der Waals surface area contributed by atoms with E-state index in [1.54, 1.807) is 7.05 Å². The van der Waals surface area contributed by atoms with E-state index in [1.165, 1.54) is 5.56 Å². The average Bonchev–Trinajstić information content (AvgIpc) is 3.18. The number of benzene rings is 1. The van der Waals surface area contributed by atoms with Crippen molar-refractivity contribution in [2.45, 2.75) is 43.4 Å². The molecule has 0 aromatic heterocycles. The summed E-state index contributed by atoms with van der Waals surface area (Å²) in [5.74, 6) is -0.0658. The standard InChI is InChI=1S/C22H33N5O3/c1-23-20(28)19-17-14-26(12-9-18(17)24-25-19)15-22(30)10-5-11-27(21(22)29)13-8-16-6-3-2-4-7-16/h2-4,6-7,17-19,24-25,30H,5,8-15H2,1H3,(H,23,28). The van der Waals surface area contributed by atoms with E-state index >= 15 is 0 Å². The highest BCUT2D eigenvalue weighted by Crippen LogP contribution is 2.29. The smallest absolute Gasteiger partial charge is 0.255 e. The third-order valence-corrected chi connectivity index (χ3v) is 6.83. The number of aliphatic hydroxyl groups is 1. The summed E-state index contributed by atoms with van der Waals surface area (Å²) in [7, 11) is 1.64. The number of hydrazine groups is 1. The van der Waals surface area contributed by atoms with Gasteiger partial charge in [0.1, 0.15) is 6.04 Å². The molecule has 0 saturated carbocycles. The van der Waals surface area contributed by atoms with Gasteiger partial charge in [0.25, 0.3) is 5.91 Å². The number of nitrogens with zero attached hydrogens (tertiary/aromatic N) is 2. The van der Waals surface area contributed by atoms with E-state index in [2.05, 4.69) is 33.2 Å². The number of carbonyl (C=O) groups is 2. The number of hydrogen-bond donors (Lipinski definition) is 4. The molecule has 30 heavy (non-hydrogen) atoms. The van der Waals surface area contributed by atoms with E-state index in [0.717, 1.165) is 25.8 Å². The van der Waals surface area contributed by atoms with Crippen LogP contribution in [0.5, 0.6) is 0 Å². The Balaban J connectivity index is 1.37. The first-order chi connectivity index (χ1) is 14.5. The van der Waals surface area contributed by atoms with Gasteiger partial charge in [-0.25, -0.2) is 5.43 Å². The molecule has 3 saturated heterocycles. The Morgan fingerprint density at radius 1 is 1.27 bits per heavy atom. The third kappa shape index (κ3) is 4.37. The van der Waals surface area contributed by atoms with Gasteiger partial charge >= 0.3 is 0 Å². The molecule has 8 nitrogen and oxygen atoms in total. The first kappa shape index (κ1) is 21.2. The summed E-state index contributed by atoms with van der Waals surface area (Å²) in [6, 6.07) is 10.1. The number of nitrogens with one attached hydrogen (secondary N) is 3. The summed E-state index contributed by atoms with van der Waals surface area (Å²) in [5.41, 5.74) is 6.19. The van der Waals surface area contributed by atoms with Gasteiger partial charge in [0.15, 0.2) is 5.60 Å². The van der Waals surface area contributed by atoms with E-state index < -0.39 is 5.60 Å². The molecular formula is C22H33N5O3. The Morgan fingerprint density at radius 2 is 2.07 bits per heavy atom. The lowest BCUT2D eigenvalue weighted by atomic mass is 9.85. The minimum atomic E-state index is -1.34. The quantitative estimate of drug-likeness (QED) is 0.500. The molecule has 0 spiro atoms. The molecular weight excluding hydrogens is 382 g/mol. The van der Waals surface area contributed by atoms with Crippen LogP contribution in [-0.2, 0) is 16.0 Å². The molecule has 4 atom stereocenters. The van der Waals surface area contributed by atoms with Gasteiger partial charge in [-0.1, -0.05) is 30.3 Å². The van der Waals surface area contributed by atoms with Gasteiger partial charge in [-0.15, -0.1) is 0 Å². The Morgan fingerprint density at radius 3 is 2.83 bits per heavy atom. The van der Waals surface area contributed by atoms with Crippen molar-refractivity contribution in [1.82, 2.24) is 26.0 Å². The summed E-state index contributed by atoms with van der Waals surface area (Å²) in [6.45, 7) is 3.14. The van der Waals surface area contributed by atoms with Gasteiger partial charge in [-0.2, -0.15) is 0 Å². The second-order valence-corrected chi connectivity index (χ2v) is 8.84. The van der Waals surface area contributed by atoms with Crippen LogP contribution in [0, 0.1) is 5.92 Å². The molecule has 2 amide bonds. The number of hydrogen-bond acceptors (Lipinski definition) is 6. The van der Waals surface area contributed by atoms with Crippen LogP contribution in [0.3, 0.4) is 0 Å². The van der Waals surface area contributed by atoms with Crippen molar-refractivity contribution in [3.05, 3.63) is 35.9 Å². The zero-order chi connectivity index (χ0) is 21.1. The van der Waals surface area contributed by atoms with Gasteiger partial charge in [0.05, 0.1) is 0 Å². The zero-order valence-corrected chi connectivity index (χ0v) is 17.6. The molecule has 3 heterocycles. The highest BCUT2D eigenvalue weighted by Gasteiger charge is 2.47. The molecule has 4 N–H and O–H groups in total. The molecule has 0 aliphatic carbocycles. The van der Waals surface area contributed by atoms with Crippen LogP contribution in [0.15, 0.2) is 30.3 Å². The molecule has 3 fully saturated rings. The SMILES string of the molecule is CNC(=O)C1NNC2CCN(CC3(O)CCCN(CCc4ccccc4)C3=O)CC21. The summed E-state index contributed by atoms with van der Waals surface area (Å²) in [6.07, 6.45) is 2.98. The number of likely N-dealkylation sites (tertiary alicyclic amines) is 2. The van der Waals surface area contributed by atoms with E-state index in [4.69, 9.17) is 0 Å². The van der Waals surface area contributed by atoms with Gasteiger partial charge in [-0.05, 0) is 37.8 Å². The molecule has 1 aromatic carbocycles. The van der Waals surface area contributed by atoms with Crippen molar-refractivity contribution in [2.24, 2.45) is 5.92 Å². The van der Waals surface area contributed by atoms with Crippen molar-refractivity contribution in [1.29, 1.82) is 0 Å². The van der Waals surface area contributed by atoms with Crippen molar-refractivity contribution in [2.75, 3.05) is 39.8 Å². The van der Waals surface area contributed by atoms with Crippen molar-refractivity contribution < 1.29 is 14.7 Å². The molecule has 4 rings (SSSR count). The molecule has 164 valence electrons. The summed E-state index contributed by atoms with van der Waals surface area (Å²) >= 11 is 0. The topological polar surface area (TPSA) is 96.9 Å². The van der Waals surface area contributed by atoms with Crippen LogP contribution in [0.2, 0.25) is 0 Å². The summed E-state index contributed by atoms with van der Waals surface area (Å²) < 4.78 is 0. The Hall–Kier alpha value is -2.00. The monoisotopic (exact) mass is 415 g/mol. The van der Waals surface area contributed by atoms with Crippen LogP contribution in [0.25, 0.3) is 0 Å². The molecule has 4 unspecified atom stereocenters. The second kappa shape index (κ2) is 9.01. The van der Waals surface area contributed by atoms with Gasteiger partial charge in [-0.3, -0.25) is 19.9 Å². The largest absolute Gasteiger partial charge is 0.379 e. The van der Waals surface area contributed by atoms with Crippen LogP contribution in [-0.4, -0.2) is 84.2 Å². The highest BCUT2D eigenvalue weighted by atomic mass is 16.3. The van der Waals surface area contributed by atoms with Crippen molar-refractivity contribution >= 4 is 11.8 Å². The lowest BCUT2D eigenvalue weighted by molar-refractivity contribution is -0.160. The second-order valence-electron chi connectivity index (χ2n) is 8.84. The Labute approximate surface area is 178 Å². The minimum Gasteiger partial charge on any atom is -0.379 e. The number of amides is 2. The van der Waals surface area contributed by atoms with E-state index in [1.807, 2.05) is 23.1 Å². The Bertz CT molecular complexity index is 760. The lowest BCUT2D eigenvalue weighted by Gasteiger charge is -2.43. The molecule has 3 aliphatic rings. The number of piperidine rings is 2. The number of carbonyl (C=O) groups excluding carboxylic acids is 2. The average molecular weight is 416 g/mol. The summed E-state index contributed by atoms with van der Waals surface area (Å²) in [4.78, 5) is 29.3. The Kier molecular flexibility index (Phi) is 6.38. The van der Waals surface area contributed by atoms with E-state index in [0.29, 0.717) is 32.6 Å².